The fourth-order valence-corrected chi connectivity index (χ4v) is 3.42. The molecule has 0 bridgehead atoms. The van der Waals surface area contributed by atoms with E-state index >= 15 is 0 Å². The van der Waals surface area contributed by atoms with Crippen LogP contribution in [-0.2, 0) is 11.2 Å². The van der Waals surface area contributed by atoms with Crippen LogP contribution < -0.4 is 9.47 Å². The molecule has 3 rings (SSSR count). The molecule has 0 saturated carbocycles. The topological polar surface area (TPSA) is 62.2 Å². The van der Waals surface area contributed by atoms with Crippen molar-refractivity contribution in [2.75, 3.05) is 53.0 Å². The molecule has 0 aliphatic carbocycles. The molecule has 1 aliphatic rings. The highest BCUT2D eigenvalue weighted by Crippen LogP contribution is 2.25. The van der Waals surface area contributed by atoms with Gasteiger partial charge >= 0.3 is 0 Å². The smallest absolute Gasteiger partial charge is 0.161 e. The molecule has 31 heavy (non-hydrogen) atoms. The zero-order valence-electron chi connectivity index (χ0n) is 27.5. The number of Topliss-reactive ketones (excluding diaryl/α,β-unsaturated/α-hetero) is 1. The summed E-state index contributed by atoms with van der Waals surface area (Å²) in [6.45, 7) is -4.70. The zero-order valence-corrected chi connectivity index (χ0v) is 17.5. The van der Waals surface area contributed by atoms with Gasteiger partial charge in [0.05, 0.1) is 19.1 Å². The van der Waals surface area contributed by atoms with Crippen LogP contribution in [0, 0.1) is 13.7 Å². The summed E-state index contributed by atoms with van der Waals surface area (Å²) in [6, 6.07) is 4.52. The molecule has 1 saturated heterocycles. The quantitative estimate of drug-likeness (QED) is 0.617. The summed E-state index contributed by atoms with van der Waals surface area (Å²) < 4.78 is 90.1. The molecule has 0 aromatic heterocycles. The van der Waals surface area contributed by atoms with Gasteiger partial charge in [-0.1, -0.05) is 30.3 Å². The van der Waals surface area contributed by atoms with Gasteiger partial charge in [0.15, 0.2) is 17.3 Å². The Morgan fingerprint density at radius 2 is 1.81 bits per heavy atom. The van der Waals surface area contributed by atoms with Crippen LogP contribution in [0.1, 0.15) is 30.4 Å². The van der Waals surface area contributed by atoms with Crippen LogP contribution in [0.3, 0.4) is 0 Å². The van der Waals surface area contributed by atoms with E-state index in [0.29, 0.717) is 37.7 Å². The second-order valence-corrected chi connectivity index (χ2v) is 7.38. The number of benzene rings is 2. The highest BCUT2D eigenvalue weighted by Gasteiger charge is 2.21. The minimum Gasteiger partial charge on any atom is -0.493 e. The molecule has 2 aromatic rings. The van der Waals surface area contributed by atoms with Crippen LogP contribution in [0.4, 0.5) is 0 Å². The first kappa shape index (κ1) is 13.2. The third-order valence-corrected chi connectivity index (χ3v) is 5.09. The second kappa shape index (κ2) is 11.3. The molecule has 0 amide bonds. The summed E-state index contributed by atoms with van der Waals surface area (Å²) in [5, 5.41) is 10.6. The number of ketones is 1. The first-order chi connectivity index (χ1) is 18.9. The Bertz CT molecular complexity index is 1200. The van der Waals surface area contributed by atoms with Gasteiger partial charge in [-0.3, -0.25) is 14.6 Å². The van der Waals surface area contributed by atoms with Gasteiger partial charge in [-0.25, -0.2) is 0 Å². The number of nitrogens with zero attached hydrogens (tertiary/aromatic N) is 2. The summed E-state index contributed by atoms with van der Waals surface area (Å²) in [6.07, 6.45) is -2.52. The summed E-state index contributed by atoms with van der Waals surface area (Å²) in [4.78, 5) is 16.7. The van der Waals surface area contributed by atoms with Crippen molar-refractivity contribution in [3.63, 3.8) is 0 Å². The molecule has 1 atom stereocenters. The predicted octanol–water partition coefficient (Wildman–Crippen LogP) is 2.48. The molecule has 0 spiro atoms. The standard InChI is InChI=1S/C25H34N2O4/c1-19-7-6-8-20(2)23(19)15-21(28)16-26-11-13-27(14-12-26)17-22(29)18-31-25-10-5-4-9-24(25)30-3/h4-10,22,29H,11-18H2,1-3H3/i1D3,2D3,6D,7D,8D,22D. The number of hydrogen-bond donors (Lipinski definition) is 1. The number of hydrogen-bond acceptors (Lipinski definition) is 6. The number of β-amino-alcohol motifs (C(OH)–C–C–N with tert-alkyl or cyclic N) is 1. The van der Waals surface area contributed by atoms with Gasteiger partial charge in [-0.05, 0) is 42.5 Å². The highest BCUT2D eigenvalue weighted by atomic mass is 16.5. The minimum absolute atomic E-state index is 0.00809. The lowest BCUT2D eigenvalue weighted by Crippen LogP contribution is -2.50. The van der Waals surface area contributed by atoms with Gasteiger partial charge in [0, 0.05) is 47.4 Å². The largest absolute Gasteiger partial charge is 0.493 e. The fraction of sp³-hybridized carbons (Fsp3) is 0.480. The van der Waals surface area contributed by atoms with Gasteiger partial charge < -0.3 is 14.6 Å². The fourth-order valence-electron chi connectivity index (χ4n) is 3.42. The maximum Gasteiger partial charge on any atom is 0.161 e. The molecule has 1 N–H and O–H groups in total. The Balaban J connectivity index is 1.63. The monoisotopic (exact) mass is 436 g/mol. The lowest BCUT2D eigenvalue weighted by Gasteiger charge is -2.35. The molecule has 1 fully saturated rings. The average Bonchev–Trinajstić information content (AvgIpc) is 2.85. The Hall–Kier alpha value is -2.41. The van der Waals surface area contributed by atoms with E-state index in [1.807, 2.05) is 4.90 Å². The van der Waals surface area contributed by atoms with Crippen molar-refractivity contribution in [3.05, 3.63) is 59.1 Å². The number of ether oxygens (including phenoxy) is 2. The first-order valence-corrected chi connectivity index (χ1v) is 10.0. The molecule has 0 radical (unpaired) electrons. The lowest BCUT2D eigenvalue weighted by molar-refractivity contribution is -0.120. The Morgan fingerprint density at radius 3 is 2.45 bits per heavy atom. The third kappa shape index (κ3) is 6.79. The van der Waals surface area contributed by atoms with Gasteiger partial charge in [0.1, 0.15) is 12.7 Å². The number of methoxy groups -OCH3 is 1. The first-order valence-electron chi connectivity index (χ1n) is 15.0. The zero-order chi connectivity index (χ0) is 30.8. The summed E-state index contributed by atoms with van der Waals surface area (Å²) in [5.74, 6) is 0.389. The maximum atomic E-state index is 13.0. The molecule has 1 heterocycles. The Kier molecular flexibility index (Phi) is 4.81. The lowest BCUT2D eigenvalue weighted by atomic mass is 9.98. The number of rotatable bonds is 10. The van der Waals surface area contributed by atoms with E-state index in [4.69, 9.17) is 23.2 Å². The molecule has 1 aliphatic heterocycles. The van der Waals surface area contributed by atoms with Gasteiger partial charge in [-0.2, -0.15) is 0 Å². The van der Waals surface area contributed by atoms with E-state index in [1.165, 1.54) is 7.11 Å². The molecule has 168 valence electrons. The van der Waals surface area contributed by atoms with Crippen molar-refractivity contribution in [3.8, 4) is 11.5 Å². The Morgan fingerprint density at radius 1 is 1.16 bits per heavy atom. The van der Waals surface area contributed by atoms with E-state index in [0.717, 1.165) is 0 Å². The van der Waals surface area contributed by atoms with Crippen LogP contribution >= 0.6 is 0 Å². The Labute approximate surface area is 199 Å². The maximum absolute atomic E-state index is 13.0. The third-order valence-electron chi connectivity index (χ3n) is 5.09. The second-order valence-electron chi connectivity index (χ2n) is 7.38. The minimum atomic E-state index is -2.95. The van der Waals surface area contributed by atoms with Crippen LogP contribution in [-0.4, -0.2) is 79.8 Å². The average molecular weight is 437 g/mol. The predicted molar refractivity (Wildman–Crippen MR) is 122 cm³/mol. The van der Waals surface area contributed by atoms with E-state index in [1.54, 1.807) is 29.2 Å². The van der Waals surface area contributed by atoms with Crippen molar-refractivity contribution >= 4 is 5.78 Å². The van der Waals surface area contributed by atoms with Gasteiger partial charge in [-0.15, -0.1) is 0 Å². The van der Waals surface area contributed by atoms with Crippen LogP contribution in [0.2, 0.25) is 0 Å². The number of para-hydroxylation sites is 2. The van der Waals surface area contributed by atoms with Crippen molar-refractivity contribution < 1.29 is 33.1 Å². The molecule has 1 unspecified atom stereocenters. The van der Waals surface area contributed by atoms with E-state index in [-0.39, 0.29) is 19.7 Å². The van der Waals surface area contributed by atoms with E-state index in [9.17, 15) is 9.90 Å². The normalized spacial score (nSPS) is 22.6. The molecule has 2 aromatic carbocycles. The van der Waals surface area contributed by atoms with Crippen LogP contribution in [0.25, 0.3) is 0 Å². The van der Waals surface area contributed by atoms with Crippen molar-refractivity contribution in [2.45, 2.75) is 26.2 Å². The van der Waals surface area contributed by atoms with Crippen molar-refractivity contribution in [1.29, 1.82) is 0 Å². The number of piperazine rings is 1. The van der Waals surface area contributed by atoms with Crippen molar-refractivity contribution in [2.24, 2.45) is 0 Å². The number of carbonyl (C=O) groups is 1. The summed E-state index contributed by atoms with van der Waals surface area (Å²) >= 11 is 0. The molecular formula is C25H34N2O4. The van der Waals surface area contributed by atoms with Crippen molar-refractivity contribution in [1.82, 2.24) is 9.80 Å². The molecule has 6 nitrogen and oxygen atoms in total. The van der Waals surface area contributed by atoms with Crippen LogP contribution in [0.5, 0.6) is 11.5 Å². The van der Waals surface area contributed by atoms with Crippen LogP contribution in [0.15, 0.2) is 42.4 Å². The summed E-state index contributed by atoms with van der Waals surface area (Å²) in [7, 11) is 1.49. The molecular weight excluding hydrogens is 392 g/mol. The number of aliphatic hydroxyl groups is 1. The van der Waals surface area contributed by atoms with Gasteiger partial charge in [0.25, 0.3) is 0 Å². The number of carbonyl (C=O) groups excluding carboxylic acids is 1. The highest BCUT2D eigenvalue weighted by molar-refractivity contribution is 5.83. The van der Waals surface area contributed by atoms with E-state index < -0.39 is 66.8 Å². The van der Waals surface area contributed by atoms with Gasteiger partial charge in [0.2, 0.25) is 0 Å². The summed E-state index contributed by atoms with van der Waals surface area (Å²) in [5.41, 5.74) is -1.78. The SMILES string of the molecule is [2H]c1c([2H])c(C([2H])([2H])[2H])c(CC(=O)CN2CCN(CC([2H])(O)COc3ccccc3OC)CC2)c(C([2H])([2H])[2H])c1[2H]. The molecule has 6 heteroatoms. The van der Waals surface area contributed by atoms with E-state index in [2.05, 4.69) is 0 Å².